The lowest BCUT2D eigenvalue weighted by molar-refractivity contribution is -0.143. The number of aliphatic hydroxyl groups excluding tert-OH is 1. The molecular formula is C36H61N11O15S. The molecule has 26 nitrogen and oxygen atoms in total. The van der Waals surface area contributed by atoms with Crippen LogP contribution in [0.15, 0.2) is 0 Å². The van der Waals surface area contributed by atoms with Crippen LogP contribution in [-0.4, -0.2) is 159 Å². The van der Waals surface area contributed by atoms with Gasteiger partial charge in [0.1, 0.15) is 48.3 Å². The minimum Gasteiger partial charge on any atom is -0.481 e. The molecule has 0 heterocycles. The number of primary amides is 2. The van der Waals surface area contributed by atoms with Crippen molar-refractivity contribution in [2.75, 3.05) is 18.6 Å². The molecule has 10 amide bonds. The Kier molecular flexibility index (Phi) is 25.7. The maximum atomic E-state index is 13.5. The fourth-order valence-electron chi connectivity index (χ4n) is 5.17. The van der Waals surface area contributed by atoms with Crippen LogP contribution < -0.4 is 59.7 Å². The number of hydrogen-bond donors (Lipinski definition) is 14. The highest BCUT2D eigenvalue weighted by molar-refractivity contribution is 7.98. The molecule has 0 aromatic rings. The predicted molar refractivity (Wildman–Crippen MR) is 222 cm³/mol. The summed E-state index contributed by atoms with van der Waals surface area (Å²) in [5.41, 5.74) is 15.8. The summed E-state index contributed by atoms with van der Waals surface area (Å²) in [6, 6.07) is -13.0. The van der Waals surface area contributed by atoms with Crippen LogP contribution in [0.2, 0.25) is 0 Å². The van der Waals surface area contributed by atoms with Crippen molar-refractivity contribution < 1.29 is 72.9 Å². The van der Waals surface area contributed by atoms with Gasteiger partial charge < -0.3 is 75.1 Å². The average molecular weight is 920 g/mol. The van der Waals surface area contributed by atoms with Crippen molar-refractivity contribution in [2.45, 2.75) is 128 Å². The molecule has 0 aliphatic rings. The second kappa shape index (κ2) is 28.5. The van der Waals surface area contributed by atoms with Crippen LogP contribution in [-0.2, 0) is 57.5 Å². The monoisotopic (exact) mass is 919 g/mol. The maximum absolute atomic E-state index is 13.5. The number of amides is 10. The van der Waals surface area contributed by atoms with Crippen LogP contribution in [0.25, 0.3) is 0 Å². The van der Waals surface area contributed by atoms with Crippen molar-refractivity contribution in [3.63, 3.8) is 0 Å². The lowest BCUT2D eigenvalue weighted by Gasteiger charge is -2.28. The van der Waals surface area contributed by atoms with Gasteiger partial charge in [-0.3, -0.25) is 52.7 Å². The van der Waals surface area contributed by atoms with Gasteiger partial charge in [-0.05, 0) is 58.0 Å². The highest BCUT2D eigenvalue weighted by Crippen LogP contribution is 2.08. The van der Waals surface area contributed by atoms with Gasteiger partial charge >= 0.3 is 11.9 Å². The molecule has 0 aliphatic carbocycles. The van der Waals surface area contributed by atoms with E-state index in [0.29, 0.717) is 0 Å². The van der Waals surface area contributed by atoms with E-state index in [0.717, 1.165) is 0 Å². The molecular weight excluding hydrogens is 859 g/mol. The zero-order chi connectivity index (χ0) is 48.7. The van der Waals surface area contributed by atoms with Crippen molar-refractivity contribution >= 4 is 82.8 Å². The molecule has 0 radical (unpaired) electrons. The van der Waals surface area contributed by atoms with E-state index in [1.54, 1.807) is 6.26 Å². The molecule has 63 heavy (non-hydrogen) atoms. The molecule has 0 aromatic carbocycles. The Bertz CT molecular complexity index is 1680. The summed E-state index contributed by atoms with van der Waals surface area (Å²) in [7, 11) is 0. The number of aliphatic hydroxyl groups is 1. The quantitative estimate of drug-likeness (QED) is 0.0319. The van der Waals surface area contributed by atoms with Gasteiger partial charge in [0.05, 0.1) is 19.1 Å². The number of carboxylic acids is 2. The van der Waals surface area contributed by atoms with Gasteiger partial charge in [0.25, 0.3) is 0 Å². The lowest BCUT2D eigenvalue weighted by atomic mass is 10.0. The number of carbonyl (C=O) groups is 12. The first-order valence-corrected chi connectivity index (χ1v) is 20.9. The van der Waals surface area contributed by atoms with Crippen LogP contribution in [0.4, 0.5) is 0 Å². The van der Waals surface area contributed by atoms with Gasteiger partial charge in [-0.25, -0.2) is 4.79 Å². The lowest BCUT2D eigenvalue weighted by Crippen LogP contribution is -2.61. The Morgan fingerprint density at radius 1 is 0.508 bits per heavy atom. The first-order valence-electron chi connectivity index (χ1n) is 19.6. The number of carbonyl (C=O) groups excluding carboxylic acids is 10. The van der Waals surface area contributed by atoms with E-state index >= 15 is 0 Å². The number of thioether (sulfide) groups is 1. The molecule has 0 saturated heterocycles. The third-order valence-electron chi connectivity index (χ3n) is 8.84. The first-order chi connectivity index (χ1) is 29.2. The van der Waals surface area contributed by atoms with Crippen LogP contribution in [0, 0.1) is 5.92 Å². The van der Waals surface area contributed by atoms with Crippen LogP contribution >= 0.6 is 11.8 Å². The van der Waals surface area contributed by atoms with E-state index < -0.39 is 164 Å². The van der Waals surface area contributed by atoms with Crippen molar-refractivity contribution in [2.24, 2.45) is 23.1 Å². The van der Waals surface area contributed by atoms with Gasteiger partial charge in [-0.15, -0.1) is 0 Å². The Labute approximate surface area is 366 Å². The fourth-order valence-corrected chi connectivity index (χ4v) is 5.64. The summed E-state index contributed by atoms with van der Waals surface area (Å²) in [6.07, 6.45) is -0.801. The minimum atomic E-state index is -1.76. The van der Waals surface area contributed by atoms with E-state index in [1.165, 1.54) is 46.4 Å². The molecule has 0 aliphatic heterocycles. The van der Waals surface area contributed by atoms with Crippen LogP contribution in [0.3, 0.4) is 0 Å². The predicted octanol–water partition coefficient (Wildman–Crippen LogP) is -6.26. The summed E-state index contributed by atoms with van der Waals surface area (Å²) < 4.78 is 0. The molecule has 0 fully saturated rings. The van der Waals surface area contributed by atoms with Crippen LogP contribution in [0.1, 0.15) is 73.1 Å². The number of carboxylic acid groups (broad SMARTS) is 2. The number of nitrogens with one attached hydrogen (secondary N) is 8. The third kappa shape index (κ3) is 22.0. The van der Waals surface area contributed by atoms with Gasteiger partial charge in [0.15, 0.2) is 0 Å². The summed E-state index contributed by atoms with van der Waals surface area (Å²) in [5.74, 6) is -12.8. The molecule has 0 spiro atoms. The molecule has 0 aromatic heterocycles. The number of hydrogen-bond acceptors (Lipinski definition) is 15. The van der Waals surface area contributed by atoms with E-state index in [9.17, 15) is 67.7 Å². The largest absolute Gasteiger partial charge is 0.481 e. The molecule has 0 unspecified atom stereocenters. The maximum Gasteiger partial charge on any atom is 0.326 e. The van der Waals surface area contributed by atoms with E-state index in [-0.39, 0.29) is 18.6 Å². The Balaban J connectivity index is 6.05. The van der Waals surface area contributed by atoms with Gasteiger partial charge in [-0.2, -0.15) is 11.8 Å². The van der Waals surface area contributed by atoms with Crippen LogP contribution in [0.5, 0.6) is 0 Å². The van der Waals surface area contributed by atoms with Gasteiger partial charge in [0.2, 0.25) is 59.1 Å². The molecule has 0 rings (SSSR count). The molecule has 356 valence electrons. The molecule has 0 saturated carbocycles. The SMILES string of the molecule is CSCC[C@H](NC(=O)[C@H](C)NC(=O)[C@H](CCC(=O)O)NC(=O)[C@H](C)N)C(=O)N[C@@H](CO)C(=O)N[C@@H](CCC(N)=O)C(=O)N[C@H](C(=O)N[C@@H](C)C(=O)N[C@@H](CC(N)=O)C(=O)O)C(C)C. The topological polar surface area (TPSA) is 440 Å². The molecule has 0 bridgehead atoms. The second-order valence-corrected chi connectivity index (χ2v) is 15.7. The number of nitrogens with two attached hydrogens (primary N) is 3. The van der Waals surface area contributed by atoms with Gasteiger partial charge in [0, 0.05) is 12.8 Å². The standard InChI is InChI=1S/C36H61N11O15S/c1-15(2)27(35(60)41-18(5)30(55)45-22(36(61)62)13-25(39)50)47-33(58)19(7-9-24(38)49)44-34(59)23(14-48)46-32(57)21(11-12-63-6)43-29(54)17(4)40-31(56)20(8-10-26(51)52)42-28(53)16(3)37/h15-23,27,48H,7-14,37H2,1-6H3,(H2,38,49)(H2,39,50)(H,40,56)(H,41,60)(H,42,53)(H,43,54)(H,44,59)(H,45,55)(H,46,57)(H,47,58)(H,51,52)(H,61,62)/t16-,17-,18-,19-,20-,21-,22-,23-,27-/m0/s1. The normalized spacial score (nSPS) is 15.2. The third-order valence-corrected chi connectivity index (χ3v) is 9.48. The number of rotatable bonds is 30. The van der Waals surface area contributed by atoms with Crippen molar-refractivity contribution in [1.82, 2.24) is 42.5 Å². The summed E-state index contributed by atoms with van der Waals surface area (Å²) in [4.78, 5) is 150. The Morgan fingerprint density at radius 3 is 1.37 bits per heavy atom. The zero-order valence-corrected chi connectivity index (χ0v) is 36.6. The molecule has 17 N–H and O–H groups in total. The summed E-state index contributed by atoms with van der Waals surface area (Å²) in [6.45, 7) is 5.76. The zero-order valence-electron chi connectivity index (χ0n) is 35.8. The summed E-state index contributed by atoms with van der Waals surface area (Å²) >= 11 is 1.29. The van der Waals surface area contributed by atoms with E-state index in [4.69, 9.17) is 22.3 Å². The smallest absolute Gasteiger partial charge is 0.326 e. The Hall–Kier alpha value is -6.09. The van der Waals surface area contributed by atoms with E-state index in [1.807, 2.05) is 0 Å². The number of aliphatic carboxylic acids is 2. The summed E-state index contributed by atoms with van der Waals surface area (Å²) in [5, 5.41) is 46.9. The fraction of sp³-hybridized carbons (Fsp3) is 0.667. The average Bonchev–Trinajstić information content (AvgIpc) is 3.18. The second-order valence-electron chi connectivity index (χ2n) is 14.7. The van der Waals surface area contributed by atoms with Gasteiger partial charge in [-0.1, -0.05) is 13.8 Å². The Morgan fingerprint density at radius 2 is 0.921 bits per heavy atom. The first kappa shape index (κ1) is 56.9. The highest BCUT2D eigenvalue weighted by Gasteiger charge is 2.34. The highest BCUT2D eigenvalue weighted by atomic mass is 32.2. The van der Waals surface area contributed by atoms with E-state index in [2.05, 4.69) is 42.5 Å². The van der Waals surface area contributed by atoms with Crippen molar-refractivity contribution in [3.05, 3.63) is 0 Å². The minimum absolute atomic E-state index is 0.0268. The molecule has 27 heteroatoms. The van der Waals surface area contributed by atoms with Crippen molar-refractivity contribution in [1.29, 1.82) is 0 Å². The molecule has 9 atom stereocenters. The van der Waals surface area contributed by atoms with Crippen molar-refractivity contribution in [3.8, 4) is 0 Å².